The summed E-state index contributed by atoms with van der Waals surface area (Å²) in [6.45, 7) is 0. The Morgan fingerprint density at radius 2 is 2.32 bits per heavy atom. The van der Waals surface area contributed by atoms with E-state index in [9.17, 15) is 4.79 Å². The number of carboxylic acid groups (broad SMARTS) is 1. The molecular formula is C12H9N3O3S. The van der Waals surface area contributed by atoms with E-state index in [2.05, 4.69) is 15.0 Å². The van der Waals surface area contributed by atoms with Gasteiger partial charge in [-0.25, -0.2) is 14.8 Å². The maximum absolute atomic E-state index is 11.1. The predicted octanol–water partition coefficient (Wildman–Crippen LogP) is 2.39. The van der Waals surface area contributed by atoms with Gasteiger partial charge in [0.2, 0.25) is 0 Å². The lowest BCUT2D eigenvalue weighted by atomic mass is 10.2. The molecule has 0 aliphatic rings. The van der Waals surface area contributed by atoms with Gasteiger partial charge in [-0.15, -0.1) is 11.3 Å². The monoisotopic (exact) mass is 275 g/mol. The van der Waals surface area contributed by atoms with Crippen molar-refractivity contribution in [3.05, 3.63) is 29.3 Å². The first-order valence-corrected chi connectivity index (χ1v) is 6.28. The quantitative estimate of drug-likeness (QED) is 0.766. The number of aromatic carboxylic acids is 1. The number of fused-ring (bicyclic) bond motifs is 1. The third-order valence-electron chi connectivity index (χ3n) is 2.69. The summed E-state index contributed by atoms with van der Waals surface area (Å²) in [6.07, 6.45) is 1.43. The Morgan fingerprint density at radius 1 is 1.47 bits per heavy atom. The van der Waals surface area contributed by atoms with Gasteiger partial charge in [-0.1, -0.05) is 0 Å². The Kier molecular flexibility index (Phi) is 2.68. The molecule has 19 heavy (non-hydrogen) atoms. The van der Waals surface area contributed by atoms with Crippen LogP contribution in [0, 0.1) is 0 Å². The van der Waals surface area contributed by atoms with Gasteiger partial charge in [0.25, 0.3) is 0 Å². The van der Waals surface area contributed by atoms with E-state index in [-0.39, 0.29) is 5.56 Å². The smallest absolute Gasteiger partial charge is 0.338 e. The van der Waals surface area contributed by atoms with E-state index < -0.39 is 5.97 Å². The van der Waals surface area contributed by atoms with E-state index in [1.54, 1.807) is 7.11 Å². The number of nitrogens with one attached hydrogen (secondary N) is 1. The van der Waals surface area contributed by atoms with E-state index in [0.29, 0.717) is 22.7 Å². The summed E-state index contributed by atoms with van der Waals surface area (Å²) in [5, 5.41) is 11.0. The number of imidazole rings is 1. The van der Waals surface area contributed by atoms with Crippen LogP contribution < -0.4 is 4.74 Å². The summed E-state index contributed by atoms with van der Waals surface area (Å²) in [5.74, 6) is 0.240. The molecule has 3 aromatic heterocycles. The number of thiophene rings is 1. The van der Waals surface area contributed by atoms with Crippen molar-refractivity contribution in [1.82, 2.24) is 15.0 Å². The molecule has 3 heterocycles. The van der Waals surface area contributed by atoms with Crippen molar-refractivity contribution in [3.63, 3.8) is 0 Å². The Labute approximate surface area is 111 Å². The van der Waals surface area contributed by atoms with Gasteiger partial charge in [-0.3, -0.25) is 0 Å². The van der Waals surface area contributed by atoms with Crippen LogP contribution in [-0.4, -0.2) is 33.1 Å². The molecule has 2 N–H and O–H groups in total. The summed E-state index contributed by atoms with van der Waals surface area (Å²) < 4.78 is 5.23. The largest absolute Gasteiger partial charge is 0.495 e. The summed E-state index contributed by atoms with van der Waals surface area (Å²) in [6, 6.07) is 3.27. The number of pyridine rings is 1. The Hall–Kier alpha value is -2.41. The fourth-order valence-electron chi connectivity index (χ4n) is 1.83. The second-order valence-electron chi connectivity index (χ2n) is 3.77. The summed E-state index contributed by atoms with van der Waals surface area (Å²) in [7, 11) is 1.58. The lowest BCUT2D eigenvalue weighted by molar-refractivity contribution is 0.0699. The first-order valence-electron chi connectivity index (χ1n) is 5.40. The number of rotatable bonds is 3. The minimum absolute atomic E-state index is 0.152. The number of carbonyl (C=O) groups is 1. The number of aromatic amines is 1. The number of hydrogen-bond acceptors (Lipinski definition) is 5. The number of carboxylic acids is 1. The standard InChI is InChI=1S/C12H9N3O3S/c1-18-7-3-5-19-9(7)11-14-8-6(12(16)17)2-4-13-10(8)15-11/h2-5H,1H3,(H,16,17)(H,13,14,15). The normalized spacial score (nSPS) is 10.8. The molecule has 0 unspecified atom stereocenters. The molecule has 0 saturated carbocycles. The van der Waals surface area contributed by atoms with E-state index in [4.69, 9.17) is 9.84 Å². The van der Waals surface area contributed by atoms with E-state index in [0.717, 1.165) is 4.88 Å². The van der Waals surface area contributed by atoms with E-state index >= 15 is 0 Å². The lowest BCUT2D eigenvalue weighted by Gasteiger charge is -1.97. The van der Waals surface area contributed by atoms with Crippen LogP contribution in [0.4, 0.5) is 0 Å². The van der Waals surface area contributed by atoms with Crippen LogP contribution >= 0.6 is 11.3 Å². The van der Waals surface area contributed by atoms with E-state index in [1.807, 2.05) is 11.4 Å². The molecule has 0 fully saturated rings. The molecule has 0 aliphatic carbocycles. The molecule has 3 rings (SSSR count). The van der Waals surface area contributed by atoms with Crippen LogP contribution in [0.1, 0.15) is 10.4 Å². The third-order valence-corrected chi connectivity index (χ3v) is 3.59. The van der Waals surface area contributed by atoms with Gasteiger partial charge in [0.1, 0.15) is 10.6 Å². The van der Waals surface area contributed by atoms with Gasteiger partial charge in [-0.05, 0) is 17.5 Å². The van der Waals surface area contributed by atoms with Crippen molar-refractivity contribution in [3.8, 4) is 16.5 Å². The average molecular weight is 275 g/mol. The van der Waals surface area contributed by atoms with Crippen LogP contribution in [-0.2, 0) is 0 Å². The number of methoxy groups -OCH3 is 1. The molecule has 0 atom stereocenters. The molecule has 7 heteroatoms. The number of hydrogen-bond donors (Lipinski definition) is 2. The zero-order valence-electron chi connectivity index (χ0n) is 9.88. The number of aromatic nitrogens is 3. The molecule has 96 valence electrons. The topological polar surface area (TPSA) is 88.1 Å². The highest BCUT2D eigenvalue weighted by Crippen LogP contribution is 2.34. The van der Waals surface area contributed by atoms with Gasteiger partial charge < -0.3 is 14.8 Å². The molecule has 0 amide bonds. The van der Waals surface area contributed by atoms with Crippen LogP contribution in [0.2, 0.25) is 0 Å². The van der Waals surface area contributed by atoms with E-state index in [1.165, 1.54) is 23.6 Å². The van der Waals surface area contributed by atoms with Gasteiger partial charge in [0, 0.05) is 6.20 Å². The summed E-state index contributed by atoms with van der Waals surface area (Å²) in [5.41, 5.74) is 0.949. The first kappa shape index (κ1) is 11.7. The van der Waals surface area contributed by atoms with Crippen LogP contribution in [0.3, 0.4) is 0 Å². The Morgan fingerprint density at radius 3 is 3.05 bits per heavy atom. The maximum atomic E-state index is 11.1. The van der Waals surface area contributed by atoms with Crippen LogP contribution in [0.25, 0.3) is 21.9 Å². The Bertz CT molecular complexity index is 763. The highest BCUT2D eigenvalue weighted by Gasteiger charge is 2.16. The molecule has 0 radical (unpaired) electrons. The molecule has 3 aromatic rings. The number of H-pyrrole nitrogens is 1. The van der Waals surface area contributed by atoms with Crippen LogP contribution in [0.15, 0.2) is 23.7 Å². The average Bonchev–Trinajstić information content (AvgIpc) is 3.03. The molecule has 0 aromatic carbocycles. The predicted molar refractivity (Wildman–Crippen MR) is 70.7 cm³/mol. The lowest BCUT2D eigenvalue weighted by Crippen LogP contribution is -1.97. The highest BCUT2D eigenvalue weighted by atomic mass is 32.1. The van der Waals surface area contributed by atoms with Crippen molar-refractivity contribution < 1.29 is 14.6 Å². The maximum Gasteiger partial charge on any atom is 0.338 e. The molecular weight excluding hydrogens is 266 g/mol. The SMILES string of the molecule is COc1ccsc1-c1nc2nccc(C(=O)O)c2[nH]1. The van der Waals surface area contributed by atoms with Crippen molar-refractivity contribution in [2.75, 3.05) is 7.11 Å². The third kappa shape index (κ3) is 1.84. The minimum Gasteiger partial charge on any atom is -0.495 e. The zero-order valence-corrected chi connectivity index (χ0v) is 10.7. The highest BCUT2D eigenvalue weighted by molar-refractivity contribution is 7.13. The molecule has 0 bridgehead atoms. The van der Waals surface area contributed by atoms with Crippen molar-refractivity contribution in [1.29, 1.82) is 0 Å². The van der Waals surface area contributed by atoms with Gasteiger partial charge >= 0.3 is 5.97 Å². The minimum atomic E-state index is -1.01. The van der Waals surface area contributed by atoms with Crippen molar-refractivity contribution >= 4 is 28.5 Å². The number of ether oxygens (including phenoxy) is 1. The van der Waals surface area contributed by atoms with Crippen molar-refractivity contribution in [2.24, 2.45) is 0 Å². The summed E-state index contributed by atoms with van der Waals surface area (Å²) >= 11 is 1.46. The van der Waals surface area contributed by atoms with Crippen molar-refractivity contribution in [2.45, 2.75) is 0 Å². The molecule has 0 spiro atoms. The molecule has 0 saturated heterocycles. The molecule has 0 aliphatic heterocycles. The van der Waals surface area contributed by atoms with Gasteiger partial charge in [0.05, 0.1) is 18.2 Å². The fourth-order valence-corrected chi connectivity index (χ4v) is 2.63. The van der Waals surface area contributed by atoms with Gasteiger partial charge in [0.15, 0.2) is 11.5 Å². The number of nitrogens with zero attached hydrogens (tertiary/aromatic N) is 2. The fraction of sp³-hybridized carbons (Fsp3) is 0.0833. The van der Waals surface area contributed by atoms with Crippen LogP contribution in [0.5, 0.6) is 5.75 Å². The molecule has 6 nitrogen and oxygen atoms in total. The first-order chi connectivity index (χ1) is 9.20. The zero-order chi connectivity index (χ0) is 13.4. The Balaban J connectivity index is 2.22. The summed E-state index contributed by atoms with van der Waals surface area (Å²) in [4.78, 5) is 23.3. The second kappa shape index (κ2) is 4.36. The van der Waals surface area contributed by atoms with Gasteiger partial charge in [-0.2, -0.15) is 0 Å². The second-order valence-corrected chi connectivity index (χ2v) is 4.68.